The second-order valence-electron chi connectivity index (χ2n) is 5.84. The number of esters is 1. The molecular formula is C18H25N3O4. The van der Waals surface area contributed by atoms with Crippen LogP contribution < -0.4 is 11.0 Å². The minimum atomic E-state index is -0.212. The van der Waals surface area contributed by atoms with Crippen molar-refractivity contribution in [1.29, 1.82) is 0 Å². The number of unbranched alkanes of at least 4 members (excludes halogenated alkanes) is 2. The van der Waals surface area contributed by atoms with E-state index >= 15 is 0 Å². The van der Waals surface area contributed by atoms with Gasteiger partial charge in [0.2, 0.25) is 5.91 Å². The van der Waals surface area contributed by atoms with E-state index in [2.05, 4.69) is 10.1 Å². The topological polar surface area (TPSA) is 82.3 Å². The molecule has 0 aliphatic rings. The Kier molecular flexibility index (Phi) is 6.80. The average Bonchev–Trinajstić information content (AvgIpc) is 2.89. The van der Waals surface area contributed by atoms with Crippen LogP contribution in [0.4, 0.5) is 0 Å². The molecule has 0 atom stereocenters. The summed E-state index contributed by atoms with van der Waals surface area (Å²) < 4.78 is 7.74. The number of ether oxygens (including phenoxy) is 1. The Morgan fingerprint density at radius 2 is 1.76 bits per heavy atom. The van der Waals surface area contributed by atoms with Crippen molar-refractivity contribution in [2.24, 2.45) is 0 Å². The normalized spacial score (nSPS) is 10.8. The molecular weight excluding hydrogens is 322 g/mol. The zero-order valence-corrected chi connectivity index (χ0v) is 14.8. The van der Waals surface area contributed by atoms with E-state index in [1.165, 1.54) is 11.7 Å². The monoisotopic (exact) mass is 347 g/mol. The third kappa shape index (κ3) is 4.71. The molecule has 0 saturated heterocycles. The van der Waals surface area contributed by atoms with E-state index in [1.807, 2.05) is 31.2 Å². The van der Waals surface area contributed by atoms with Gasteiger partial charge in [0.25, 0.3) is 0 Å². The Hall–Kier alpha value is -2.57. The third-order valence-corrected chi connectivity index (χ3v) is 4.15. The van der Waals surface area contributed by atoms with Gasteiger partial charge in [-0.25, -0.2) is 4.79 Å². The van der Waals surface area contributed by atoms with Crippen LogP contribution in [0.3, 0.4) is 0 Å². The fourth-order valence-corrected chi connectivity index (χ4v) is 2.83. The zero-order valence-electron chi connectivity index (χ0n) is 14.8. The van der Waals surface area contributed by atoms with E-state index in [0.29, 0.717) is 19.5 Å². The largest absolute Gasteiger partial charge is 0.469 e. The van der Waals surface area contributed by atoms with Crippen LogP contribution in [0, 0.1) is 0 Å². The van der Waals surface area contributed by atoms with Crippen molar-refractivity contribution < 1.29 is 14.3 Å². The molecule has 136 valence electrons. The second-order valence-corrected chi connectivity index (χ2v) is 5.84. The maximum Gasteiger partial charge on any atom is 0.329 e. The number of para-hydroxylation sites is 2. The maximum absolute atomic E-state index is 12.5. The summed E-state index contributed by atoms with van der Waals surface area (Å²) >= 11 is 0. The Balaban J connectivity index is 1.87. The molecule has 1 amide bonds. The number of carbonyl (C=O) groups excluding carboxylic acids is 2. The number of nitrogens with one attached hydrogen (secondary N) is 1. The molecule has 0 unspecified atom stereocenters. The van der Waals surface area contributed by atoms with Crippen molar-refractivity contribution in [3.63, 3.8) is 0 Å². The summed E-state index contributed by atoms with van der Waals surface area (Å²) in [6, 6.07) is 7.48. The SMILES string of the molecule is CCn1c(=O)n(CC(=O)NCCCCCC(=O)OC)c2ccccc21. The number of aromatic nitrogens is 2. The van der Waals surface area contributed by atoms with Gasteiger partial charge < -0.3 is 10.1 Å². The van der Waals surface area contributed by atoms with Gasteiger partial charge in [-0.05, 0) is 31.9 Å². The molecule has 0 aliphatic heterocycles. The number of nitrogens with zero attached hydrogens (tertiary/aromatic N) is 2. The molecule has 1 heterocycles. The Labute approximate surface area is 146 Å². The molecule has 0 fully saturated rings. The van der Waals surface area contributed by atoms with Gasteiger partial charge in [-0.2, -0.15) is 0 Å². The van der Waals surface area contributed by atoms with E-state index < -0.39 is 0 Å². The Morgan fingerprint density at radius 1 is 1.08 bits per heavy atom. The minimum Gasteiger partial charge on any atom is -0.469 e. The van der Waals surface area contributed by atoms with Crippen molar-refractivity contribution in [3.05, 3.63) is 34.7 Å². The summed E-state index contributed by atoms with van der Waals surface area (Å²) in [5, 5.41) is 2.83. The molecule has 2 rings (SSSR count). The van der Waals surface area contributed by atoms with Crippen LogP contribution in [-0.4, -0.2) is 34.7 Å². The predicted molar refractivity (Wildman–Crippen MR) is 95.4 cm³/mol. The first-order valence-electron chi connectivity index (χ1n) is 8.60. The van der Waals surface area contributed by atoms with E-state index in [4.69, 9.17) is 0 Å². The number of fused-ring (bicyclic) bond motifs is 1. The van der Waals surface area contributed by atoms with Gasteiger partial charge in [0.05, 0.1) is 18.1 Å². The molecule has 0 aliphatic carbocycles. The van der Waals surface area contributed by atoms with Gasteiger partial charge in [-0.1, -0.05) is 18.6 Å². The zero-order chi connectivity index (χ0) is 18.2. The van der Waals surface area contributed by atoms with Crippen LogP contribution in [0.5, 0.6) is 0 Å². The summed E-state index contributed by atoms with van der Waals surface area (Å²) in [4.78, 5) is 35.6. The fourth-order valence-electron chi connectivity index (χ4n) is 2.83. The number of amides is 1. The summed E-state index contributed by atoms with van der Waals surface area (Å²) in [5.74, 6) is -0.398. The standard InChI is InChI=1S/C18H25N3O4/c1-3-20-14-9-6-7-10-15(14)21(18(20)24)13-16(22)19-12-8-4-5-11-17(23)25-2/h6-7,9-10H,3-5,8,11-13H2,1-2H3,(H,19,22). The predicted octanol–water partition coefficient (Wildman–Crippen LogP) is 1.67. The lowest BCUT2D eigenvalue weighted by Gasteiger charge is -2.06. The van der Waals surface area contributed by atoms with Gasteiger partial charge in [-0.15, -0.1) is 0 Å². The number of carbonyl (C=O) groups is 2. The van der Waals surface area contributed by atoms with E-state index in [1.54, 1.807) is 4.57 Å². The van der Waals surface area contributed by atoms with Gasteiger partial charge in [0.15, 0.2) is 0 Å². The van der Waals surface area contributed by atoms with Crippen molar-refractivity contribution in [3.8, 4) is 0 Å². The molecule has 0 bridgehead atoms. The van der Waals surface area contributed by atoms with E-state index in [0.717, 1.165) is 30.3 Å². The molecule has 1 aromatic heterocycles. The van der Waals surface area contributed by atoms with E-state index in [-0.39, 0.29) is 24.1 Å². The van der Waals surface area contributed by atoms with Crippen molar-refractivity contribution in [1.82, 2.24) is 14.5 Å². The molecule has 1 aromatic carbocycles. The number of rotatable bonds is 9. The van der Waals surface area contributed by atoms with Crippen LogP contribution in [0.25, 0.3) is 11.0 Å². The number of hydrogen-bond donors (Lipinski definition) is 1. The highest BCUT2D eigenvalue weighted by Crippen LogP contribution is 2.12. The first-order chi connectivity index (χ1) is 12.1. The number of methoxy groups -OCH3 is 1. The van der Waals surface area contributed by atoms with E-state index in [9.17, 15) is 14.4 Å². The fraction of sp³-hybridized carbons (Fsp3) is 0.500. The molecule has 0 spiro atoms. The van der Waals surface area contributed by atoms with Crippen LogP contribution in [-0.2, 0) is 27.4 Å². The summed E-state index contributed by atoms with van der Waals surface area (Å²) in [5.41, 5.74) is 1.44. The number of imidazole rings is 1. The highest BCUT2D eigenvalue weighted by molar-refractivity contribution is 5.80. The highest BCUT2D eigenvalue weighted by atomic mass is 16.5. The lowest BCUT2D eigenvalue weighted by atomic mass is 10.2. The molecule has 1 N–H and O–H groups in total. The summed E-state index contributed by atoms with van der Waals surface area (Å²) in [6.45, 7) is 3.01. The molecule has 0 saturated carbocycles. The Bertz CT molecular complexity index is 791. The van der Waals surface area contributed by atoms with Gasteiger partial charge in [-0.3, -0.25) is 18.7 Å². The number of aryl methyl sites for hydroxylation is 1. The molecule has 7 heteroatoms. The van der Waals surface area contributed by atoms with Gasteiger partial charge in [0.1, 0.15) is 6.54 Å². The lowest BCUT2D eigenvalue weighted by Crippen LogP contribution is -2.33. The highest BCUT2D eigenvalue weighted by Gasteiger charge is 2.13. The van der Waals surface area contributed by atoms with Crippen LogP contribution >= 0.6 is 0 Å². The van der Waals surface area contributed by atoms with Crippen molar-refractivity contribution >= 4 is 22.9 Å². The molecule has 0 radical (unpaired) electrons. The average molecular weight is 347 g/mol. The first-order valence-corrected chi connectivity index (χ1v) is 8.60. The first kappa shape index (κ1) is 18.8. The number of hydrogen-bond acceptors (Lipinski definition) is 4. The van der Waals surface area contributed by atoms with Crippen molar-refractivity contribution in [2.45, 2.75) is 45.7 Å². The maximum atomic E-state index is 12.5. The lowest BCUT2D eigenvalue weighted by molar-refractivity contribution is -0.140. The van der Waals surface area contributed by atoms with Gasteiger partial charge >= 0.3 is 11.7 Å². The third-order valence-electron chi connectivity index (χ3n) is 4.15. The summed E-state index contributed by atoms with van der Waals surface area (Å²) in [6.07, 6.45) is 2.77. The molecule has 25 heavy (non-hydrogen) atoms. The molecule has 2 aromatic rings. The smallest absolute Gasteiger partial charge is 0.329 e. The van der Waals surface area contributed by atoms with Crippen LogP contribution in [0.2, 0.25) is 0 Å². The second kappa shape index (κ2) is 9.05. The van der Waals surface area contributed by atoms with Crippen LogP contribution in [0.1, 0.15) is 32.6 Å². The van der Waals surface area contributed by atoms with Crippen LogP contribution in [0.15, 0.2) is 29.1 Å². The van der Waals surface area contributed by atoms with Crippen molar-refractivity contribution in [2.75, 3.05) is 13.7 Å². The number of benzene rings is 1. The Morgan fingerprint density at radius 3 is 2.40 bits per heavy atom. The summed E-state index contributed by atoms with van der Waals surface area (Å²) in [7, 11) is 1.38. The molecule has 7 nitrogen and oxygen atoms in total. The van der Waals surface area contributed by atoms with Gasteiger partial charge in [0, 0.05) is 19.5 Å². The quantitative estimate of drug-likeness (QED) is 0.553. The minimum absolute atomic E-state index is 0.00844.